The largest absolute Gasteiger partial charge is 0.497 e. The molecule has 1 unspecified atom stereocenters. The van der Waals surface area contributed by atoms with Gasteiger partial charge in [0.1, 0.15) is 21.4 Å². The molecule has 1 aromatic rings. The van der Waals surface area contributed by atoms with Crippen LogP contribution in [0.1, 0.15) is 37.0 Å². The van der Waals surface area contributed by atoms with E-state index in [9.17, 15) is 4.79 Å². The number of carbonyl (C=O) groups is 1. The molecule has 1 heterocycles. The van der Waals surface area contributed by atoms with E-state index >= 15 is 0 Å². The van der Waals surface area contributed by atoms with Gasteiger partial charge in [-0.05, 0) is 32.4 Å². The van der Waals surface area contributed by atoms with Gasteiger partial charge in [0.05, 0.1) is 18.7 Å². The van der Waals surface area contributed by atoms with Gasteiger partial charge in [-0.3, -0.25) is 4.79 Å². The van der Waals surface area contributed by atoms with Gasteiger partial charge in [0, 0.05) is 12.5 Å². The van der Waals surface area contributed by atoms with Crippen LogP contribution in [0.2, 0.25) is 0 Å². The molecule has 2 rings (SSSR count). The second-order valence-electron chi connectivity index (χ2n) is 5.26. The predicted octanol–water partition coefficient (Wildman–Crippen LogP) is 3.49. The van der Waals surface area contributed by atoms with Crippen molar-refractivity contribution in [2.45, 2.75) is 36.6 Å². The second kappa shape index (κ2) is 5.10. The minimum absolute atomic E-state index is 0.0540. The summed E-state index contributed by atoms with van der Waals surface area (Å²) >= 11 is 3.53. The lowest BCUT2D eigenvalue weighted by Crippen LogP contribution is -2.57. The summed E-state index contributed by atoms with van der Waals surface area (Å²) in [6.45, 7) is 3.69. The molecule has 20 heavy (non-hydrogen) atoms. The summed E-state index contributed by atoms with van der Waals surface area (Å²) in [6, 6.07) is 7.23. The van der Waals surface area contributed by atoms with Gasteiger partial charge in [-0.2, -0.15) is 5.26 Å². The first-order valence-corrected chi connectivity index (χ1v) is 7.13. The molecule has 0 spiro atoms. The molecule has 1 atom stereocenters. The van der Waals surface area contributed by atoms with Crippen LogP contribution in [0.3, 0.4) is 0 Å². The molecule has 0 bridgehead atoms. The number of methoxy groups -OCH3 is 1. The van der Waals surface area contributed by atoms with Gasteiger partial charge < -0.3 is 9.47 Å². The van der Waals surface area contributed by atoms with E-state index in [1.54, 1.807) is 25.3 Å². The summed E-state index contributed by atoms with van der Waals surface area (Å²) in [5, 5.41) is 8.79. The molecule has 0 radical (unpaired) electrons. The zero-order chi connectivity index (χ0) is 15.0. The van der Waals surface area contributed by atoms with E-state index < -0.39 is 9.93 Å². The van der Waals surface area contributed by atoms with E-state index in [2.05, 4.69) is 22.0 Å². The van der Waals surface area contributed by atoms with Crippen molar-refractivity contribution < 1.29 is 14.3 Å². The van der Waals surface area contributed by atoms with E-state index in [4.69, 9.17) is 14.7 Å². The molecular formula is C15H16BrNO3. The van der Waals surface area contributed by atoms with Gasteiger partial charge in [-0.25, -0.2) is 0 Å². The van der Waals surface area contributed by atoms with E-state index in [0.717, 1.165) is 0 Å². The Morgan fingerprint density at radius 1 is 1.45 bits per heavy atom. The van der Waals surface area contributed by atoms with Crippen molar-refractivity contribution in [1.29, 1.82) is 5.26 Å². The maximum atomic E-state index is 12.8. The van der Waals surface area contributed by atoms with Crippen LogP contribution in [-0.2, 0) is 0 Å². The molecule has 0 fully saturated rings. The number of nitrogens with zero attached hydrogens (tertiary/aromatic N) is 1. The molecule has 5 heteroatoms. The summed E-state index contributed by atoms with van der Waals surface area (Å²) < 4.78 is 10.3. The Hall–Kier alpha value is -1.54. The highest BCUT2D eigenvalue weighted by atomic mass is 79.9. The van der Waals surface area contributed by atoms with Gasteiger partial charge in [0.15, 0.2) is 5.78 Å². The zero-order valence-electron chi connectivity index (χ0n) is 11.7. The molecule has 0 amide bonds. The first-order chi connectivity index (χ1) is 9.35. The number of rotatable bonds is 3. The van der Waals surface area contributed by atoms with Crippen molar-refractivity contribution in [1.82, 2.24) is 0 Å². The molecule has 0 aliphatic carbocycles. The fraction of sp³-hybridized carbons (Fsp3) is 0.467. The number of carbonyl (C=O) groups excluding carboxylic acids is 1. The smallest absolute Gasteiger partial charge is 0.187 e. The van der Waals surface area contributed by atoms with Crippen LogP contribution in [0.4, 0.5) is 0 Å². The van der Waals surface area contributed by atoms with Crippen LogP contribution in [0.15, 0.2) is 18.2 Å². The Morgan fingerprint density at radius 3 is 2.75 bits per heavy atom. The fourth-order valence-corrected chi connectivity index (χ4v) is 2.88. The van der Waals surface area contributed by atoms with Crippen molar-refractivity contribution in [3.8, 4) is 17.6 Å². The third kappa shape index (κ3) is 2.18. The van der Waals surface area contributed by atoms with Crippen LogP contribution in [0.5, 0.6) is 11.5 Å². The quantitative estimate of drug-likeness (QED) is 0.792. The van der Waals surface area contributed by atoms with Crippen LogP contribution < -0.4 is 9.47 Å². The molecular weight excluding hydrogens is 322 g/mol. The normalized spacial score (nSPS) is 23.4. The van der Waals surface area contributed by atoms with Crippen LogP contribution in [-0.4, -0.2) is 22.8 Å². The van der Waals surface area contributed by atoms with Crippen molar-refractivity contribution in [2.75, 3.05) is 7.11 Å². The summed E-state index contributed by atoms with van der Waals surface area (Å²) in [6.07, 6.45) is 0.691. The van der Waals surface area contributed by atoms with E-state index in [1.807, 2.05) is 13.8 Å². The minimum atomic E-state index is -0.892. The molecule has 1 aliphatic heterocycles. The average Bonchev–Trinajstić information content (AvgIpc) is 2.42. The molecule has 0 saturated heterocycles. The average molecular weight is 338 g/mol. The Labute approximate surface area is 126 Å². The van der Waals surface area contributed by atoms with Gasteiger partial charge in [0.25, 0.3) is 0 Å². The maximum absolute atomic E-state index is 12.8. The number of Topliss-reactive ketones (excluding diaryl/α,β-unsaturated/α-hetero) is 1. The summed E-state index contributed by atoms with van der Waals surface area (Å²) in [4.78, 5) is 12.8. The Kier molecular flexibility index (Phi) is 3.79. The fourth-order valence-electron chi connectivity index (χ4n) is 2.39. The number of hydrogen-bond donors (Lipinski definition) is 0. The highest BCUT2D eigenvalue weighted by Crippen LogP contribution is 2.47. The number of ether oxygens (including phenoxy) is 2. The monoisotopic (exact) mass is 337 g/mol. The second-order valence-corrected chi connectivity index (χ2v) is 6.62. The first kappa shape index (κ1) is 14.9. The number of ketones is 1. The third-order valence-electron chi connectivity index (χ3n) is 3.69. The maximum Gasteiger partial charge on any atom is 0.187 e. The molecule has 4 nitrogen and oxygen atoms in total. The van der Waals surface area contributed by atoms with Gasteiger partial charge in [-0.15, -0.1) is 0 Å². The van der Waals surface area contributed by atoms with Crippen LogP contribution in [0.25, 0.3) is 0 Å². The number of hydrogen-bond acceptors (Lipinski definition) is 4. The van der Waals surface area contributed by atoms with E-state index in [-0.39, 0.29) is 12.2 Å². The van der Waals surface area contributed by atoms with Crippen LogP contribution >= 0.6 is 15.9 Å². The highest BCUT2D eigenvalue weighted by molar-refractivity contribution is 9.10. The van der Waals surface area contributed by atoms with Crippen molar-refractivity contribution >= 4 is 21.7 Å². The van der Waals surface area contributed by atoms with Gasteiger partial charge in [-0.1, -0.05) is 15.9 Å². The lowest BCUT2D eigenvalue weighted by molar-refractivity contribution is 0.0391. The predicted molar refractivity (Wildman–Crippen MR) is 78.5 cm³/mol. The highest BCUT2D eigenvalue weighted by Gasteiger charge is 2.54. The van der Waals surface area contributed by atoms with Crippen LogP contribution in [0, 0.1) is 11.3 Å². The number of fused-ring (bicyclic) bond motifs is 1. The molecule has 0 saturated carbocycles. The van der Waals surface area contributed by atoms with Crippen molar-refractivity contribution in [2.24, 2.45) is 0 Å². The number of alkyl halides is 1. The SMILES string of the molecule is COc1ccc2c(c1)OC(C)(C)C(Br)(CCC#N)C2=O. The lowest BCUT2D eigenvalue weighted by atomic mass is 9.78. The van der Waals surface area contributed by atoms with E-state index in [1.165, 1.54) is 0 Å². The zero-order valence-corrected chi connectivity index (χ0v) is 13.3. The van der Waals surface area contributed by atoms with E-state index in [0.29, 0.717) is 23.5 Å². The summed E-state index contributed by atoms with van der Waals surface area (Å²) in [5.74, 6) is 1.11. The number of halogens is 1. The third-order valence-corrected chi connectivity index (χ3v) is 5.41. The summed E-state index contributed by atoms with van der Waals surface area (Å²) in [7, 11) is 1.57. The minimum Gasteiger partial charge on any atom is -0.497 e. The standard InChI is InChI=1S/C15H16BrNO3/c1-14(2)15(16,7-4-8-17)13(18)11-6-5-10(19-3)9-12(11)20-14/h5-6,9H,4,7H2,1-3H3. The van der Waals surface area contributed by atoms with Gasteiger partial charge >= 0.3 is 0 Å². The van der Waals surface area contributed by atoms with Gasteiger partial charge in [0.2, 0.25) is 0 Å². The Balaban J connectivity index is 2.50. The number of nitriles is 1. The summed E-state index contributed by atoms with van der Waals surface area (Å²) in [5.41, 5.74) is -0.236. The molecule has 106 valence electrons. The Morgan fingerprint density at radius 2 is 2.15 bits per heavy atom. The molecule has 1 aliphatic rings. The Bertz CT molecular complexity index is 591. The lowest BCUT2D eigenvalue weighted by Gasteiger charge is -2.45. The number of benzene rings is 1. The first-order valence-electron chi connectivity index (χ1n) is 6.33. The van der Waals surface area contributed by atoms with Crippen molar-refractivity contribution in [3.63, 3.8) is 0 Å². The molecule has 0 N–H and O–H groups in total. The molecule has 1 aromatic carbocycles. The van der Waals surface area contributed by atoms with Crippen molar-refractivity contribution in [3.05, 3.63) is 23.8 Å². The molecule has 0 aromatic heterocycles. The topological polar surface area (TPSA) is 59.3 Å².